The van der Waals surface area contributed by atoms with Crippen molar-refractivity contribution in [1.29, 1.82) is 0 Å². The van der Waals surface area contributed by atoms with Gasteiger partial charge in [0.2, 0.25) is 11.6 Å². The summed E-state index contributed by atoms with van der Waals surface area (Å²) in [6, 6.07) is 0. The molecule has 0 aromatic heterocycles. The van der Waals surface area contributed by atoms with Gasteiger partial charge in [0.1, 0.15) is 11.4 Å². The van der Waals surface area contributed by atoms with E-state index in [0.717, 1.165) is 38.5 Å². The number of Topliss-reactive ketones (excluding diaryl/α,β-unsaturated/α-hetero) is 2. The quantitative estimate of drug-likeness (QED) is 0.420. The zero-order valence-corrected chi connectivity index (χ0v) is 15.3. The summed E-state index contributed by atoms with van der Waals surface area (Å²) in [5.41, 5.74) is 0.379. The molecule has 0 spiro atoms. The van der Waals surface area contributed by atoms with Crippen LogP contribution in [-0.2, 0) is 19.1 Å². The number of nitrogens with one attached hydrogen (secondary N) is 2. The Balaban J connectivity index is 2.92. The third-order valence-electron chi connectivity index (χ3n) is 3.89. The van der Waals surface area contributed by atoms with Gasteiger partial charge < -0.3 is 20.1 Å². The Kier molecular flexibility index (Phi) is 8.97. The highest BCUT2D eigenvalue weighted by Gasteiger charge is 2.36. The van der Waals surface area contributed by atoms with Gasteiger partial charge in [-0.05, 0) is 12.8 Å². The number of ketones is 2. The van der Waals surface area contributed by atoms with Crippen LogP contribution in [0.1, 0.15) is 52.4 Å². The number of hydrogen-bond donors (Lipinski definition) is 2. The average molecular weight is 338 g/mol. The summed E-state index contributed by atoms with van der Waals surface area (Å²) in [5, 5.41) is 6.08. The van der Waals surface area contributed by atoms with E-state index in [9.17, 15) is 9.59 Å². The molecule has 0 unspecified atom stereocenters. The molecule has 6 nitrogen and oxygen atoms in total. The molecule has 2 N–H and O–H groups in total. The van der Waals surface area contributed by atoms with Gasteiger partial charge >= 0.3 is 0 Å². The van der Waals surface area contributed by atoms with Crippen molar-refractivity contribution < 1.29 is 19.1 Å². The largest absolute Gasteiger partial charge is 0.491 e. The molecule has 0 amide bonds. The molecule has 0 aliphatic heterocycles. The number of ether oxygens (including phenoxy) is 2. The number of hydrogen-bond acceptors (Lipinski definition) is 6. The first-order chi connectivity index (χ1) is 11.6. The molecular formula is C18H30N2O4. The van der Waals surface area contributed by atoms with Crippen LogP contribution in [0.25, 0.3) is 0 Å². The average Bonchev–Trinajstić information content (AvgIpc) is 2.59. The molecule has 6 heteroatoms. The number of unbranched alkanes of at least 4 members (excludes halogenated alkanes) is 4. The van der Waals surface area contributed by atoms with Gasteiger partial charge in [-0.2, -0.15) is 0 Å². The number of carbonyl (C=O) groups excluding carboxylic acids is 2. The third kappa shape index (κ3) is 5.01. The van der Waals surface area contributed by atoms with Gasteiger partial charge in [-0.25, -0.2) is 0 Å². The first-order valence-corrected chi connectivity index (χ1v) is 8.75. The lowest BCUT2D eigenvalue weighted by Gasteiger charge is -2.23. The van der Waals surface area contributed by atoms with Gasteiger partial charge in [-0.15, -0.1) is 0 Å². The van der Waals surface area contributed by atoms with Crippen molar-refractivity contribution in [1.82, 2.24) is 10.6 Å². The molecule has 136 valence electrons. The number of carbonyl (C=O) groups is 2. The Bertz CT molecular complexity index is 463. The molecular weight excluding hydrogens is 308 g/mol. The van der Waals surface area contributed by atoms with Gasteiger partial charge in [-0.3, -0.25) is 9.59 Å². The summed E-state index contributed by atoms with van der Waals surface area (Å²) in [4.78, 5) is 25.3. The highest BCUT2D eigenvalue weighted by Crippen LogP contribution is 2.23. The maximum Gasteiger partial charge on any atom is 0.249 e. The molecule has 0 atom stereocenters. The van der Waals surface area contributed by atoms with Crippen molar-refractivity contribution in [3.63, 3.8) is 0 Å². The molecule has 0 radical (unpaired) electrons. The molecule has 0 saturated carbocycles. The van der Waals surface area contributed by atoms with E-state index in [1.165, 1.54) is 14.2 Å². The number of rotatable bonds is 12. The van der Waals surface area contributed by atoms with Gasteiger partial charge in [0.05, 0.1) is 14.2 Å². The summed E-state index contributed by atoms with van der Waals surface area (Å²) in [5.74, 6) is -0.586. The second-order valence-electron chi connectivity index (χ2n) is 5.74. The molecule has 0 aromatic carbocycles. The fourth-order valence-electron chi connectivity index (χ4n) is 2.55. The van der Waals surface area contributed by atoms with Gasteiger partial charge in [0.15, 0.2) is 11.5 Å². The van der Waals surface area contributed by atoms with E-state index in [2.05, 4.69) is 24.5 Å². The Morgan fingerprint density at radius 1 is 0.708 bits per heavy atom. The molecule has 0 bridgehead atoms. The van der Waals surface area contributed by atoms with Crippen molar-refractivity contribution in [2.45, 2.75) is 52.4 Å². The summed E-state index contributed by atoms with van der Waals surface area (Å²) in [7, 11) is 2.81. The topological polar surface area (TPSA) is 76.7 Å². The Morgan fingerprint density at radius 3 is 1.38 bits per heavy atom. The Labute approximate surface area is 144 Å². The van der Waals surface area contributed by atoms with Crippen LogP contribution in [0, 0.1) is 0 Å². The van der Waals surface area contributed by atoms with E-state index in [1.807, 2.05) is 0 Å². The van der Waals surface area contributed by atoms with Crippen LogP contribution >= 0.6 is 0 Å². The van der Waals surface area contributed by atoms with Crippen LogP contribution in [-0.4, -0.2) is 38.9 Å². The predicted molar refractivity (Wildman–Crippen MR) is 93.1 cm³/mol. The molecule has 24 heavy (non-hydrogen) atoms. The minimum absolute atomic E-state index is 0.0512. The molecule has 0 fully saturated rings. The normalized spacial score (nSPS) is 15.0. The van der Waals surface area contributed by atoms with Gasteiger partial charge in [0, 0.05) is 13.1 Å². The fraction of sp³-hybridized carbons (Fsp3) is 0.667. The summed E-state index contributed by atoms with van der Waals surface area (Å²) >= 11 is 0. The number of methoxy groups -OCH3 is 2. The molecule has 0 heterocycles. The fourth-order valence-corrected chi connectivity index (χ4v) is 2.55. The molecule has 1 aliphatic carbocycles. The van der Waals surface area contributed by atoms with Crippen molar-refractivity contribution in [3.05, 3.63) is 22.9 Å². The maximum atomic E-state index is 12.7. The van der Waals surface area contributed by atoms with E-state index in [4.69, 9.17) is 9.47 Å². The third-order valence-corrected chi connectivity index (χ3v) is 3.89. The van der Waals surface area contributed by atoms with Crippen molar-refractivity contribution >= 4 is 11.6 Å². The van der Waals surface area contributed by atoms with Crippen LogP contribution < -0.4 is 10.6 Å². The van der Waals surface area contributed by atoms with E-state index < -0.39 is 0 Å². The van der Waals surface area contributed by atoms with Crippen molar-refractivity contribution in [3.8, 4) is 0 Å². The lowest BCUT2D eigenvalue weighted by atomic mass is 10.0. The molecule has 1 aliphatic rings. The zero-order chi connectivity index (χ0) is 17.9. The minimum Gasteiger partial charge on any atom is -0.491 e. The molecule has 0 saturated heterocycles. The van der Waals surface area contributed by atoms with Crippen LogP contribution in [0.15, 0.2) is 22.9 Å². The monoisotopic (exact) mass is 338 g/mol. The molecule has 0 aromatic rings. The van der Waals surface area contributed by atoms with Gasteiger partial charge in [-0.1, -0.05) is 39.5 Å². The maximum absolute atomic E-state index is 12.7. The predicted octanol–water partition coefficient (Wildman–Crippen LogP) is 2.41. The van der Waals surface area contributed by atoms with E-state index in [0.29, 0.717) is 13.1 Å². The highest BCUT2D eigenvalue weighted by atomic mass is 16.5. The Morgan fingerprint density at radius 2 is 1.08 bits per heavy atom. The van der Waals surface area contributed by atoms with Crippen molar-refractivity contribution in [2.75, 3.05) is 27.3 Å². The van der Waals surface area contributed by atoms with Gasteiger partial charge in [0.25, 0.3) is 0 Å². The lowest BCUT2D eigenvalue weighted by Crippen LogP contribution is -2.37. The van der Waals surface area contributed by atoms with Crippen LogP contribution in [0.3, 0.4) is 0 Å². The summed E-state index contributed by atoms with van der Waals surface area (Å²) in [6.45, 7) is 5.45. The van der Waals surface area contributed by atoms with Crippen LogP contribution in [0.2, 0.25) is 0 Å². The summed E-state index contributed by atoms with van der Waals surface area (Å²) < 4.78 is 10.4. The van der Waals surface area contributed by atoms with E-state index in [-0.39, 0.29) is 34.5 Å². The second-order valence-corrected chi connectivity index (χ2v) is 5.74. The lowest BCUT2D eigenvalue weighted by molar-refractivity contribution is -0.121. The zero-order valence-electron chi connectivity index (χ0n) is 15.3. The van der Waals surface area contributed by atoms with E-state index >= 15 is 0 Å². The molecule has 1 rings (SSSR count). The first-order valence-electron chi connectivity index (χ1n) is 8.75. The SMILES string of the molecule is CCCCCNC1=C(OC)C(=O)C(NCCCCC)=C(OC)C1=O. The van der Waals surface area contributed by atoms with Crippen LogP contribution in [0.5, 0.6) is 0 Å². The highest BCUT2D eigenvalue weighted by molar-refractivity contribution is 6.23. The first kappa shape index (κ1) is 20.1. The van der Waals surface area contributed by atoms with Crippen molar-refractivity contribution in [2.24, 2.45) is 0 Å². The smallest absolute Gasteiger partial charge is 0.249 e. The standard InChI is InChI=1S/C18H30N2O4/c1-5-7-9-11-19-13-15(21)18(24-4)14(16(22)17(13)23-3)20-12-10-8-6-2/h19-20H,5-12H2,1-4H3. The van der Waals surface area contributed by atoms with Crippen LogP contribution in [0.4, 0.5) is 0 Å². The minimum atomic E-state index is -0.344. The van der Waals surface area contributed by atoms with E-state index in [1.54, 1.807) is 0 Å². The Hall–Kier alpha value is -1.98. The second kappa shape index (κ2) is 10.7. The summed E-state index contributed by atoms with van der Waals surface area (Å²) in [6.07, 6.45) is 6.13.